The third kappa shape index (κ3) is 2.43. The molecule has 19 heavy (non-hydrogen) atoms. The molecule has 0 N–H and O–H groups in total. The number of rotatable bonds is 3. The van der Waals surface area contributed by atoms with E-state index in [2.05, 4.69) is 25.8 Å². The molecule has 0 atom stereocenters. The molecule has 1 aromatic carbocycles. The van der Waals surface area contributed by atoms with Crippen molar-refractivity contribution >= 4 is 6.29 Å². The summed E-state index contributed by atoms with van der Waals surface area (Å²) >= 11 is 0. The number of carbonyl (C=O) groups excluding carboxylic acids is 1. The molecule has 1 heterocycles. The van der Waals surface area contributed by atoms with Crippen LogP contribution >= 0.6 is 0 Å². The Balaban J connectivity index is 2.72. The normalized spacial score (nSPS) is 10.8. The minimum atomic E-state index is 0.332. The molecule has 0 unspecified atom stereocenters. The van der Waals surface area contributed by atoms with Gasteiger partial charge in [-0.15, -0.1) is 0 Å². The van der Waals surface area contributed by atoms with E-state index in [1.54, 1.807) is 0 Å². The average Bonchev–Trinajstić information content (AvgIpc) is 2.41. The summed E-state index contributed by atoms with van der Waals surface area (Å²) in [5.74, 6) is 0.332. The summed E-state index contributed by atoms with van der Waals surface area (Å²) in [6.07, 6.45) is 4.66. The third-order valence-electron chi connectivity index (χ3n) is 3.64. The summed E-state index contributed by atoms with van der Waals surface area (Å²) in [5.41, 5.74) is 6.23. The smallest absolute Gasteiger partial charge is 0.150 e. The van der Waals surface area contributed by atoms with Crippen LogP contribution < -0.4 is 0 Å². The molecule has 2 rings (SSSR count). The molecule has 2 aromatic rings. The van der Waals surface area contributed by atoms with Crippen molar-refractivity contribution in [3.8, 4) is 11.1 Å². The summed E-state index contributed by atoms with van der Waals surface area (Å²) in [7, 11) is 0. The fourth-order valence-electron chi connectivity index (χ4n) is 2.35. The van der Waals surface area contributed by atoms with Crippen LogP contribution in [0.15, 0.2) is 30.6 Å². The van der Waals surface area contributed by atoms with Crippen molar-refractivity contribution in [3.05, 3.63) is 52.8 Å². The lowest BCUT2D eigenvalue weighted by molar-refractivity contribution is 0.112. The number of nitrogens with zero attached hydrogens (tertiary/aromatic N) is 1. The van der Waals surface area contributed by atoms with Crippen LogP contribution in [-0.4, -0.2) is 11.3 Å². The van der Waals surface area contributed by atoms with Gasteiger partial charge in [0, 0.05) is 23.5 Å². The second-order valence-electron chi connectivity index (χ2n) is 5.21. The Hall–Kier alpha value is -1.96. The van der Waals surface area contributed by atoms with Crippen LogP contribution in [0.5, 0.6) is 0 Å². The van der Waals surface area contributed by atoms with Gasteiger partial charge in [-0.1, -0.05) is 32.0 Å². The first-order chi connectivity index (χ1) is 9.06. The van der Waals surface area contributed by atoms with Gasteiger partial charge >= 0.3 is 0 Å². The second-order valence-corrected chi connectivity index (χ2v) is 5.21. The number of hydrogen-bond acceptors (Lipinski definition) is 2. The highest BCUT2D eigenvalue weighted by molar-refractivity contribution is 5.90. The van der Waals surface area contributed by atoms with Crippen molar-refractivity contribution in [1.29, 1.82) is 0 Å². The summed E-state index contributed by atoms with van der Waals surface area (Å²) in [5, 5.41) is 0. The molecular weight excluding hydrogens is 234 g/mol. The highest BCUT2D eigenvalue weighted by atomic mass is 16.1. The predicted octanol–water partition coefficient (Wildman–Crippen LogP) is 4.30. The summed E-state index contributed by atoms with van der Waals surface area (Å²) in [6, 6.07) is 6.04. The molecule has 0 aliphatic rings. The molecule has 2 heteroatoms. The van der Waals surface area contributed by atoms with Crippen molar-refractivity contribution in [3.63, 3.8) is 0 Å². The number of aromatic nitrogens is 1. The summed E-state index contributed by atoms with van der Waals surface area (Å²) in [4.78, 5) is 15.8. The Labute approximate surface area is 114 Å². The molecule has 0 spiro atoms. The Morgan fingerprint density at radius 1 is 1.11 bits per heavy atom. The maximum absolute atomic E-state index is 11.5. The van der Waals surface area contributed by atoms with E-state index in [-0.39, 0.29) is 0 Å². The number of carbonyl (C=O) groups is 1. The van der Waals surface area contributed by atoms with Crippen LogP contribution in [0.25, 0.3) is 11.1 Å². The fourth-order valence-corrected chi connectivity index (χ4v) is 2.35. The van der Waals surface area contributed by atoms with Gasteiger partial charge in [0.05, 0.1) is 0 Å². The lowest BCUT2D eigenvalue weighted by Gasteiger charge is -2.15. The molecule has 0 bridgehead atoms. The topological polar surface area (TPSA) is 30.0 Å². The Morgan fingerprint density at radius 3 is 2.47 bits per heavy atom. The number of aryl methyl sites for hydroxylation is 1. The second kappa shape index (κ2) is 5.35. The average molecular weight is 253 g/mol. The minimum Gasteiger partial charge on any atom is -0.298 e. The molecular formula is C17H19NO. The summed E-state index contributed by atoms with van der Waals surface area (Å²) < 4.78 is 0. The standard InChI is InChI=1S/C17H19NO/c1-11(2)14-6-5-7-15(17(14)10-19)16-9-18-8-12(3)13(16)4/h5-11H,1-4H3. The van der Waals surface area contributed by atoms with Gasteiger partial charge in [0.2, 0.25) is 0 Å². The molecule has 0 aliphatic carbocycles. The first kappa shape index (κ1) is 13.5. The molecule has 0 saturated carbocycles. The Morgan fingerprint density at radius 2 is 1.84 bits per heavy atom. The Bertz CT molecular complexity index is 615. The first-order valence-electron chi connectivity index (χ1n) is 6.56. The summed E-state index contributed by atoms with van der Waals surface area (Å²) in [6.45, 7) is 8.32. The van der Waals surface area contributed by atoms with Gasteiger partial charge in [-0.3, -0.25) is 9.78 Å². The van der Waals surface area contributed by atoms with Gasteiger partial charge in [0.25, 0.3) is 0 Å². The molecule has 0 radical (unpaired) electrons. The molecule has 1 aromatic heterocycles. The largest absolute Gasteiger partial charge is 0.298 e. The van der Waals surface area contributed by atoms with Crippen LogP contribution in [0.2, 0.25) is 0 Å². The van der Waals surface area contributed by atoms with Crippen molar-refractivity contribution in [2.45, 2.75) is 33.6 Å². The zero-order chi connectivity index (χ0) is 14.0. The molecule has 98 valence electrons. The van der Waals surface area contributed by atoms with E-state index < -0.39 is 0 Å². The molecule has 2 nitrogen and oxygen atoms in total. The van der Waals surface area contributed by atoms with Crippen LogP contribution in [0.4, 0.5) is 0 Å². The minimum absolute atomic E-state index is 0.332. The van der Waals surface area contributed by atoms with E-state index in [9.17, 15) is 4.79 Å². The maximum atomic E-state index is 11.5. The van der Waals surface area contributed by atoms with Crippen LogP contribution in [0.1, 0.15) is 46.8 Å². The lowest BCUT2D eigenvalue weighted by atomic mass is 9.89. The zero-order valence-corrected chi connectivity index (χ0v) is 11.9. The molecule has 0 amide bonds. The Kier molecular flexibility index (Phi) is 3.79. The van der Waals surface area contributed by atoms with E-state index in [4.69, 9.17) is 0 Å². The van der Waals surface area contributed by atoms with Crippen LogP contribution in [-0.2, 0) is 0 Å². The first-order valence-corrected chi connectivity index (χ1v) is 6.56. The zero-order valence-electron chi connectivity index (χ0n) is 11.9. The third-order valence-corrected chi connectivity index (χ3v) is 3.64. The highest BCUT2D eigenvalue weighted by Gasteiger charge is 2.14. The number of aldehydes is 1. The van der Waals surface area contributed by atoms with Gasteiger partial charge < -0.3 is 0 Å². The van der Waals surface area contributed by atoms with E-state index in [1.165, 1.54) is 5.56 Å². The number of benzene rings is 1. The van der Waals surface area contributed by atoms with E-state index >= 15 is 0 Å². The van der Waals surface area contributed by atoms with Crippen molar-refractivity contribution in [2.75, 3.05) is 0 Å². The highest BCUT2D eigenvalue weighted by Crippen LogP contribution is 2.31. The number of hydrogen-bond donors (Lipinski definition) is 0. The maximum Gasteiger partial charge on any atom is 0.150 e. The lowest BCUT2D eigenvalue weighted by Crippen LogP contribution is -2.00. The van der Waals surface area contributed by atoms with Gasteiger partial charge in [-0.2, -0.15) is 0 Å². The fraction of sp³-hybridized carbons (Fsp3) is 0.294. The quantitative estimate of drug-likeness (QED) is 0.763. The predicted molar refractivity (Wildman–Crippen MR) is 78.6 cm³/mol. The van der Waals surface area contributed by atoms with Crippen LogP contribution in [0.3, 0.4) is 0 Å². The monoisotopic (exact) mass is 253 g/mol. The van der Waals surface area contributed by atoms with Crippen molar-refractivity contribution in [1.82, 2.24) is 4.98 Å². The SMILES string of the molecule is Cc1cncc(-c2cccc(C(C)C)c2C=O)c1C. The van der Waals surface area contributed by atoms with Gasteiger partial charge in [-0.25, -0.2) is 0 Å². The van der Waals surface area contributed by atoms with E-state index in [0.29, 0.717) is 5.92 Å². The molecule has 0 saturated heterocycles. The van der Waals surface area contributed by atoms with E-state index in [1.807, 2.05) is 37.5 Å². The van der Waals surface area contributed by atoms with E-state index in [0.717, 1.165) is 34.1 Å². The van der Waals surface area contributed by atoms with Gasteiger partial charge in [-0.05, 0) is 42.0 Å². The van der Waals surface area contributed by atoms with Gasteiger partial charge in [0.15, 0.2) is 6.29 Å². The van der Waals surface area contributed by atoms with Crippen LogP contribution in [0, 0.1) is 13.8 Å². The molecule has 0 fully saturated rings. The van der Waals surface area contributed by atoms with Gasteiger partial charge in [0.1, 0.15) is 0 Å². The molecule has 0 aliphatic heterocycles. The van der Waals surface area contributed by atoms with Crippen molar-refractivity contribution < 1.29 is 4.79 Å². The number of pyridine rings is 1. The van der Waals surface area contributed by atoms with Crippen molar-refractivity contribution in [2.24, 2.45) is 0 Å².